The van der Waals surface area contributed by atoms with Crippen LogP contribution in [0.2, 0.25) is 0 Å². The van der Waals surface area contributed by atoms with Crippen LogP contribution in [-0.2, 0) is 9.47 Å². The van der Waals surface area contributed by atoms with E-state index in [0.29, 0.717) is 19.0 Å². The summed E-state index contributed by atoms with van der Waals surface area (Å²) in [5.41, 5.74) is -0.240. The molecule has 1 aliphatic rings. The van der Waals surface area contributed by atoms with Crippen molar-refractivity contribution in [2.45, 2.75) is 31.1 Å². The molecule has 1 unspecified atom stereocenters. The Morgan fingerprint density at radius 2 is 2.38 bits per heavy atom. The molecule has 2 rings (SSSR count). The molecule has 2 heterocycles. The van der Waals surface area contributed by atoms with Crippen LogP contribution in [0.3, 0.4) is 0 Å². The van der Waals surface area contributed by atoms with Gasteiger partial charge in [-0.05, 0) is 19.4 Å². The minimum Gasteiger partial charge on any atom is -0.378 e. The van der Waals surface area contributed by atoms with Crippen molar-refractivity contribution in [3.05, 3.63) is 22.7 Å². The molecule has 0 N–H and O–H groups in total. The molecule has 2 atom stereocenters. The summed E-state index contributed by atoms with van der Waals surface area (Å²) in [4.78, 5) is 18.2. The Morgan fingerprint density at radius 3 is 3.05 bits per heavy atom. The molecule has 0 saturated carbocycles. The van der Waals surface area contributed by atoms with E-state index in [-0.39, 0.29) is 16.5 Å². The highest BCUT2D eigenvalue weighted by atomic mass is 32.2. The van der Waals surface area contributed by atoms with Crippen molar-refractivity contribution in [2.24, 2.45) is 0 Å². The molecule has 1 aromatic heterocycles. The molecule has 6 nitrogen and oxygen atoms in total. The zero-order valence-corrected chi connectivity index (χ0v) is 13.6. The maximum absolute atomic E-state index is 12.1. The van der Waals surface area contributed by atoms with Gasteiger partial charge in [0.2, 0.25) is 0 Å². The van der Waals surface area contributed by atoms with Crippen LogP contribution in [0, 0.1) is 0 Å². The van der Waals surface area contributed by atoms with Crippen LogP contribution < -0.4 is 10.6 Å². The van der Waals surface area contributed by atoms with E-state index in [9.17, 15) is 4.79 Å². The van der Waals surface area contributed by atoms with Crippen molar-refractivity contribution < 1.29 is 9.47 Å². The second-order valence-corrected chi connectivity index (χ2v) is 6.26. The predicted octanol–water partition coefficient (Wildman–Crippen LogP) is 1.71. The van der Waals surface area contributed by atoms with Crippen LogP contribution in [0.25, 0.3) is 0 Å². The quantitative estimate of drug-likeness (QED) is 0.714. The highest BCUT2D eigenvalue weighted by molar-refractivity contribution is 8.00. The van der Waals surface area contributed by atoms with Crippen molar-refractivity contribution in [1.29, 1.82) is 0 Å². The highest BCUT2D eigenvalue weighted by Crippen LogP contribution is 2.34. The third-order valence-corrected chi connectivity index (χ3v) is 4.58. The van der Waals surface area contributed by atoms with Gasteiger partial charge in [-0.15, -0.1) is 11.8 Å². The fraction of sp³-hybridized carbons (Fsp3) is 0.714. The second-order valence-electron chi connectivity index (χ2n) is 4.92. The van der Waals surface area contributed by atoms with Gasteiger partial charge in [0.05, 0.1) is 13.2 Å². The van der Waals surface area contributed by atoms with Crippen molar-refractivity contribution in [3.8, 4) is 0 Å². The van der Waals surface area contributed by atoms with E-state index in [1.54, 1.807) is 22.5 Å². The van der Waals surface area contributed by atoms with Gasteiger partial charge >= 0.3 is 5.69 Å². The lowest BCUT2D eigenvalue weighted by molar-refractivity contribution is 0.0381. The normalized spacial score (nSPS) is 21.7. The monoisotopic (exact) mass is 313 g/mol. The third-order valence-electron chi connectivity index (χ3n) is 3.33. The minimum atomic E-state index is -0.232. The average Bonchev–Trinajstić information content (AvgIpc) is 2.95. The van der Waals surface area contributed by atoms with Gasteiger partial charge in [0, 0.05) is 26.4 Å². The molecule has 0 aliphatic carbocycles. The fourth-order valence-electron chi connectivity index (χ4n) is 2.00. The predicted molar refractivity (Wildman–Crippen MR) is 84.9 cm³/mol. The van der Waals surface area contributed by atoms with Crippen LogP contribution in [0.1, 0.15) is 25.6 Å². The number of rotatable bonds is 7. The molecule has 1 fully saturated rings. The summed E-state index contributed by atoms with van der Waals surface area (Å²) in [5.74, 6) is 0.700. The number of thioether (sulfide) groups is 1. The minimum absolute atomic E-state index is 0.00792. The lowest BCUT2D eigenvalue weighted by Gasteiger charge is -2.17. The summed E-state index contributed by atoms with van der Waals surface area (Å²) in [5, 5.41) is -0.0267. The Hall–Kier alpha value is -1.05. The number of hydrogen-bond donors (Lipinski definition) is 0. The number of hydrogen-bond acceptors (Lipinski definition) is 6. The van der Waals surface area contributed by atoms with Crippen LogP contribution in [0.15, 0.2) is 17.1 Å². The molecular weight excluding hydrogens is 290 g/mol. The van der Waals surface area contributed by atoms with Crippen LogP contribution in [0.5, 0.6) is 0 Å². The van der Waals surface area contributed by atoms with E-state index in [1.807, 2.05) is 24.9 Å². The van der Waals surface area contributed by atoms with Gasteiger partial charge in [0.15, 0.2) is 0 Å². The number of anilines is 1. The Kier molecular flexibility index (Phi) is 6.08. The van der Waals surface area contributed by atoms with Gasteiger partial charge in [-0.3, -0.25) is 4.57 Å². The molecule has 21 heavy (non-hydrogen) atoms. The first-order valence-electron chi connectivity index (χ1n) is 7.30. The molecule has 0 aromatic carbocycles. The average molecular weight is 313 g/mol. The maximum atomic E-state index is 12.1. The molecule has 0 amide bonds. The smallest absolute Gasteiger partial charge is 0.350 e. The lowest BCUT2D eigenvalue weighted by atomic mass is 10.5. The summed E-state index contributed by atoms with van der Waals surface area (Å²) in [6, 6.07) is 1.87. The highest BCUT2D eigenvalue weighted by Gasteiger charge is 2.28. The zero-order valence-electron chi connectivity index (χ0n) is 12.8. The second kappa shape index (κ2) is 7.82. The Morgan fingerprint density at radius 1 is 1.57 bits per heavy atom. The van der Waals surface area contributed by atoms with Crippen LogP contribution >= 0.6 is 11.8 Å². The van der Waals surface area contributed by atoms with Crippen LogP contribution in [-0.4, -0.2) is 48.4 Å². The molecule has 1 aliphatic heterocycles. The van der Waals surface area contributed by atoms with Crippen molar-refractivity contribution >= 4 is 17.6 Å². The molecule has 1 aromatic rings. The zero-order chi connectivity index (χ0) is 15.2. The Labute approximate surface area is 129 Å². The number of ether oxygens (including phenoxy) is 2. The molecule has 1 saturated heterocycles. The van der Waals surface area contributed by atoms with Crippen molar-refractivity contribution in [3.63, 3.8) is 0 Å². The van der Waals surface area contributed by atoms with Gasteiger partial charge < -0.3 is 14.4 Å². The number of aromatic nitrogens is 2. The molecule has 0 bridgehead atoms. The van der Waals surface area contributed by atoms with Crippen molar-refractivity contribution in [1.82, 2.24) is 9.55 Å². The first-order valence-corrected chi connectivity index (χ1v) is 8.25. The van der Waals surface area contributed by atoms with Gasteiger partial charge in [-0.25, -0.2) is 4.79 Å². The van der Waals surface area contributed by atoms with E-state index in [2.05, 4.69) is 11.9 Å². The van der Waals surface area contributed by atoms with Gasteiger partial charge in [-0.2, -0.15) is 4.98 Å². The van der Waals surface area contributed by atoms with E-state index < -0.39 is 0 Å². The third kappa shape index (κ3) is 4.21. The van der Waals surface area contributed by atoms with Crippen LogP contribution in [0.4, 0.5) is 5.82 Å². The Balaban J connectivity index is 1.98. The molecular formula is C14H23N3O3S. The number of nitrogens with zero attached hydrogens (tertiary/aromatic N) is 3. The van der Waals surface area contributed by atoms with Gasteiger partial charge in [-0.1, -0.05) is 6.92 Å². The fourth-order valence-corrected chi connectivity index (χ4v) is 3.13. The SMILES string of the molecule is CCCOC[C@H]1OCC(n2ccc(N(C)CC)nc2=O)S1. The molecule has 7 heteroatoms. The first kappa shape index (κ1) is 16.3. The maximum Gasteiger partial charge on any atom is 0.350 e. The van der Waals surface area contributed by atoms with E-state index in [4.69, 9.17) is 9.47 Å². The molecule has 0 spiro atoms. The van der Waals surface area contributed by atoms with Crippen molar-refractivity contribution in [2.75, 3.05) is 38.3 Å². The topological polar surface area (TPSA) is 56.6 Å². The van der Waals surface area contributed by atoms with E-state index in [0.717, 1.165) is 19.6 Å². The summed E-state index contributed by atoms with van der Waals surface area (Å²) in [6.45, 7) is 6.72. The summed E-state index contributed by atoms with van der Waals surface area (Å²) in [7, 11) is 1.92. The van der Waals surface area contributed by atoms with E-state index >= 15 is 0 Å². The largest absolute Gasteiger partial charge is 0.378 e. The summed E-state index contributed by atoms with van der Waals surface area (Å²) >= 11 is 1.61. The summed E-state index contributed by atoms with van der Waals surface area (Å²) < 4.78 is 12.8. The lowest BCUT2D eigenvalue weighted by Crippen LogP contribution is -2.29. The first-order chi connectivity index (χ1) is 10.2. The van der Waals surface area contributed by atoms with Gasteiger partial charge in [0.1, 0.15) is 16.6 Å². The standard InChI is InChI=1S/C14H23N3O3S/c1-4-8-19-10-13-20-9-12(21-13)17-7-6-11(15-14(17)18)16(3)5-2/h6-7,12-13H,4-5,8-10H2,1-3H3/t12?,13-/m0/s1. The van der Waals surface area contributed by atoms with E-state index in [1.165, 1.54) is 0 Å². The molecule has 0 radical (unpaired) electrons. The Bertz CT molecular complexity index is 508. The summed E-state index contributed by atoms with van der Waals surface area (Å²) in [6.07, 6.45) is 2.80. The molecule has 118 valence electrons. The van der Waals surface area contributed by atoms with Gasteiger partial charge in [0.25, 0.3) is 0 Å².